The predicted octanol–water partition coefficient (Wildman–Crippen LogP) is 6.69. The number of halogens is 1. The maximum atomic E-state index is 13.7. The lowest BCUT2D eigenvalue weighted by atomic mass is 10.0. The van der Waals surface area contributed by atoms with Gasteiger partial charge in [-0.15, -0.1) is 11.8 Å². The number of carbonyl (C=O) groups excluding carboxylic acids is 2. The Balaban J connectivity index is 1.79. The van der Waals surface area contributed by atoms with E-state index in [1.165, 1.54) is 0 Å². The Morgan fingerprint density at radius 3 is 2.28 bits per heavy atom. The highest BCUT2D eigenvalue weighted by Crippen LogP contribution is 2.23. The molecule has 0 bridgehead atoms. The lowest BCUT2D eigenvalue weighted by Gasteiger charge is -2.32. The molecule has 0 heterocycles. The molecule has 0 unspecified atom stereocenters. The summed E-state index contributed by atoms with van der Waals surface area (Å²) in [5.41, 5.74) is 3.19. The highest BCUT2D eigenvalue weighted by molar-refractivity contribution is 7.99. The third-order valence-electron chi connectivity index (χ3n) is 5.92. The van der Waals surface area contributed by atoms with E-state index in [0.29, 0.717) is 24.4 Å². The number of aryl methyl sites for hydroxylation is 1. The molecule has 6 heteroatoms. The first kappa shape index (κ1) is 27.8. The van der Waals surface area contributed by atoms with Crippen LogP contribution in [0.2, 0.25) is 5.02 Å². The van der Waals surface area contributed by atoms with Crippen LogP contribution in [0.4, 0.5) is 0 Å². The summed E-state index contributed by atoms with van der Waals surface area (Å²) >= 11 is 7.69. The summed E-state index contributed by atoms with van der Waals surface area (Å²) in [6, 6.07) is 25.1. The average molecular weight is 523 g/mol. The minimum atomic E-state index is -0.592. The Hall–Kier alpha value is -2.76. The summed E-state index contributed by atoms with van der Waals surface area (Å²) in [6.45, 7) is 6.33. The monoisotopic (exact) mass is 522 g/mol. The molecule has 0 aliphatic rings. The number of rotatable bonds is 12. The van der Waals surface area contributed by atoms with Crippen LogP contribution in [0.25, 0.3) is 0 Å². The van der Waals surface area contributed by atoms with Crippen LogP contribution in [-0.2, 0) is 22.6 Å². The van der Waals surface area contributed by atoms with Gasteiger partial charge < -0.3 is 10.2 Å². The van der Waals surface area contributed by atoms with Crippen LogP contribution in [0.15, 0.2) is 83.8 Å². The van der Waals surface area contributed by atoms with Crippen LogP contribution in [-0.4, -0.2) is 34.6 Å². The van der Waals surface area contributed by atoms with Gasteiger partial charge in [0.2, 0.25) is 11.8 Å². The minimum Gasteiger partial charge on any atom is -0.352 e. The molecule has 0 aliphatic heterocycles. The SMILES string of the molecule is Cc1ccccc1CN(C(=O)CCCSc1ccc(Cl)cc1)[C@@H](Cc1ccccc1)C(=O)NC(C)C. The summed E-state index contributed by atoms with van der Waals surface area (Å²) in [5.74, 6) is 0.689. The van der Waals surface area contributed by atoms with Crippen LogP contribution in [0.3, 0.4) is 0 Å². The second-order valence-electron chi connectivity index (χ2n) is 9.22. The molecule has 0 saturated heterocycles. The number of hydrogen-bond acceptors (Lipinski definition) is 3. The van der Waals surface area contributed by atoms with Crippen molar-refractivity contribution in [3.05, 3.63) is 101 Å². The topological polar surface area (TPSA) is 49.4 Å². The van der Waals surface area contributed by atoms with Gasteiger partial charge in [0, 0.05) is 35.3 Å². The van der Waals surface area contributed by atoms with Gasteiger partial charge in [0.05, 0.1) is 0 Å². The van der Waals surface area contributed by atoms with E-state index in [4.69, 9.17) is 11.6 Å². The van der Waals surface area contributed by atoms with Gasteiger partial charge in [-0.05, 0) is 73.9 Å². The standard InChI is InChI=1S/C30H35ClN2O2S/c1-22(2)32-30(35)28(20-24-11-5-4-6-12-24)33(21-25-13-8-7-10-23(25)3)29(34)14-9-19-36-27-17-15-26(31)16-18-27/h4-8,10-13,15-18,22,28H,9,14,19-21H2,1-3H3,(H,32,35)/t28-/m0/s1. The summed E-state index contributed by atoms with van der Waals surface area (Å²) in [4.78, 5) is 30.0. The zero-order valence-electron chi connectivity index (χ0n) is 21.2. The molecule has 4 nitrogen and oxygen atoms in total. The molecule has 0 aliphatic carbocycles. The fourth-order valence-corrected chi connectivity index (χ4v) is 4.97. The first-order valence-electron chi connectivity index (χ1n) is 12.4. The van der Waals surface area contributed by atoms with Gasteiger partial charge in [-0.2, -0.15) is 0 Å². The van der Waals surface area contributed by atoms with E-state index < -0.39 is 6.04 Å². The van der Waals surface area contributed by atoms with Crippen LogP contribution in [0, 0.1) is 6.92 Å². The largest absolute Gasteiger partial charge is 0.352 e. The smallest absolute Gasteiger partial charge is 0.243 e. The summed E-state index contributed by atoms with van der Waals surface area (Å²) in [5, 5.41) is 3.76. The zero-order chi connectivity index (χ0) is 25.9. The van der Waals surface area contributed by atoms with Crippen LogP contribution in [0.1, 0.15) is 43.4 Å². The molecule has 0 saturated carbocycles. The number of carbonyl (C=O) groups is 2. The van der Waals surface area contributed by atoms with Crippen molar-refractivity contribution in [3.8, 4) is 0 Å². The molecule has 2 amide bonds. The molecular weight excluding hydrogens is 488 g/mol. The lowest BCUT2D eigenvalue weighted by molar-refractivity contribution is -0.141. The predicted molar refractivity (Wildman–Crippen MR) is 150 cm³/mol. The normalized spacial score (nSPS) is 11.8. The molecule has 3 aromatic rings. The van der Waals surface area contributed by atoms with Crippen molar-refractivity contribution < 1.29 is 9.59 Å². The zero-order valence-corrected chi connectivity index (χ0v) is 22.8. The van der Waals surface area contributed by atoms with Gasteiger partial charge in [0.15, 0.2) is 0 Å². The summed E-state index contributed by atoms with van der Waals surface area (Å²) < 4.78 is 0. The van der Waals surface area contributed by atoms with Crippen molar-refractivity contribution in [3.63, 3.8) is 0 Å². The second-order valence-corrected chi connectivity index (χ2v) is 10.8. The van der Waals surface area contributed by atoms with Crippen molar-refractivity contribution in [2.24, 2.45) is 0 Å². The Morgan fingerprint density at radius 1 is 0.944 bits per heavy atom. The molecule has 0 aromatic heterocycles. The maximum Gasteiger partial charge on any atom is 0.243 e. The quantitative estimate of drug-likeness (QED) is 0.213. The molecule has 1 N–H and O–H groups in total. The number of nitrogens with one attached hydrogen (secondary N) is 1. The van der Waals surface area contributed by atoms with E-state index in [2.05, 4.69) is 5.32 Å². The molecule has 3 rings (SSSR count). The molecule has 0 fully saturated rings. The summed E-state index contributed by atoms with van der Waals surface area (Å²) in [6.07, 6.45) is 1.57. The van der Waals surface area contributed by atoms with Gasteiger partial charge >= 0.3 is 0 Å². The van der Waals surface area contributed by atoms with Crippen molar-refractivity contribution in [1.29, 1.82) is 0 Å². The Kier molecular flexibility index (Phi) is 10.9. The van der Waals surface area contributed by atoms with E-state index in [1.54, 1.807) is 16.7 Å². The lowest BCUT2D eigenvalue weighted by Crippen LogP contribution is -2.51. The second kappa shape index (κ2) is 14.1. The highest BCUT2D eigenvalue weighted by atomic mass is 35.5. The molecule has 36 heavy (non-hydrogen) atoms. The average Bonchev–Trinajstić information content (AvgIpc) is 2.86. The molecule has 0 spiro atoms. The van der Waals surface area contributed by atoms with Crippen LogP contribution < -0.4 is 5.32 Å². The van der Waals surface area contributed by atoms with Crippen molar-refractivity contribution in [2.75, 3.05) is 5.75 Å². The van der Waals surface area contributed by atoms with E-state index in [-0.39, 0.29) is 17.9 Å². The maximum absolute atomic E-state index is 13.7. The van der Waals surface area contributed by atoms with Crippen LogP contribution >= 0.6 is 23.4 Å². The van der Waals surface area contributed by atoms with Gasteiger partial charge in [-0.25, -0.2) is 0 Å². The Morgan fingerprint density at radius 2 is 1.61 bits per heavy atom. The van der Waals surface area contributed by atoms with E-state index in [1.807, 2.05) is 99.6 Å². The fraction of sp³-hybridized carbons (Fsp3) is 0.333. The minimum absolute atomic E-state index is 0.00482. The van der Waals surface area contributed by atoms with E-state index in [9.17, 15) is 9.59 Å². The van der Waals surface area contributed by atoms with Crippen molar-refractivity contribution >= 4 is 35.2 Å². The van der Waals surface area contributed by atoms with Crippen LogP contribution in [0.5, 0.6) is 0 Å². The molecule has 1 atom stereocenters. The number of nitrogens with zero attached hydrogens (tertiary/aromatic N) is 1. The number of hydrogen-bond donors (Lipinski definition) is 1. The third-order valence-corrected chi connectivity index (χ3v) is 7.27. The molecule has 190 valence electrons. The first-order valence-corrected chi connectivity index (χ1v) is 13.8. The van der Waals surface area contributed by atoms with Crippen molar-refractivity contribution in [2.45, 2.75) is 63.6 Å². The Bertz CT molecular complexity index is 1120. The highest BCUT2D eigenvalue weighted by Gasteiger charge is 2.30. The Labute approximate surface area is 224 Å². The third kappa shape index (κ3) is 8.72. The molecular formula is C30H35ClN2O2S. The number of benzene rings is 3. The first-order chi connectivity index (χ1) is 17.3. The van der Waals surface area contributed by atoms with Crippen molar-refractivity contribution in [1.82, 2.24) is 10.2 Å². The molecule has 0 radical (unpaired) electrons. The van der Waals surface area contributed by atoms with Gasteiger partial charge in [0.25, 0.3) is 0 Å². The molecule has 3 aromatic carbocycles. The summed E-state index contributed by atoms with van der Waals surface area (Å²) in [7, 11) is 0. The van der Waals surface area contributed by atoms with Gasteiger partial charge in [0.1, 0.15) is 6.04 Å². The van der Waals surface area contributed by atoms with Gasteiger partial charge in [-0.1, -0.05) is 66.2 Å². The number of amides is 2. The number of thioether (sulfide) groups is 1. The fourth-order valence-electron chi connectivity index (χ4n) is 3.99. The van der Waals surface area contributed by atoms with E-state index >= 15 is 0 Å². The van der Waals surface area contributed by atoms with E-state index in [0.717, 1.165) is 33.8 Å². The van der Waals surface area contributed by atoms with Gasteiger partial charge in [-0.3, -0.25) is 9.59 Å².